The molecule has 2 aromatic carbocycles. The summed E-state index contributed by atoms with van der Waals surface area (Å²) >= 11 is 13.5. The summed E-state index contributed by atoms with van der Waals surface area (Å²) < 4.78 is 14.2. The summed E-state index contributed by atoms with van der Waals surface area (Å²) in [5.41, 5.74) is 1.02. The van der Waals surface area contributed by atoms with Crippen molar-refractivity contribution in [2.45, 2.75) is 46.1 Å². The quantitative estimate of drug-likeness (QED) is 0.287. The van der Waals surface area contributed by atoms with Crippen molar-refractivity contribution in [3.8, 4) is 11.5 Å². The molecule has 0 fully saturated rings. The van der Waals surface area contributed by atoms with Crippen LogP contribution in [-0.2, 0) is 0 Å². The highest BCUT2D eigenvalue weighted by Gasteiger charge is 2.19. The molecule has 0 spiro atoms. The van der Waals surface area contributed by atoms with E-state index in [0.717, 1.165) is 10.9 Å². The van der Waals surface area contributed by atoms with E-state index in [0.29, 0.717) is 43.3 Å². The molecule has 3 aromatic rings. The van der Waals surface area contributed by atoms with Crippen LogP contribution in [0.2, 0.25) is 5.02 Å². The van der Waals surface area contributed by atoms with Crippen LogP contribution in [0, 0.1) is 0 Å². The van der Waals surface area contributed by atoms with Gasteiger partial charge in [-0.05, 0) is 53.5 Å². The van der Waals surface area contributed by atoms with E-state index in [2.05, 4.69) is 41.9 Å². The van der Waals surface area contributed by atoms with Gasteiger partial charge < -0.3 is 9.47 Å². The highest BCUT2D eigenvalue weighted by Crippen LogP contribution is 2.42. The second kappa shape index (κ2) is 10.4. The van der Waals surface area contributed by atoms with Crippen molar-refractivity contribution < 1.29 is 9.47 Å². The van der Waals surface area contributed by atoms with Crippen LogP contribution < -0.4 is 15.0 Å². The molecule has 0 aliphatic heterocycles. The first-order valence-electron chi connectivity index (χ1n) is 10.2. The van der Waals surface area contributed by atoms with Crippen molar-refractivity contribution in [1.82, 2.24) is 9.66 Å². The third-order valence-corrected chi connectivity index (χ3v) is 6.87. The maximum absolute atomic E-state index is 13.2. The summed E-state index contributed by atoms with van der Waals surface area (Å²) in [6.45, 7) is 7.93. The van der Waals surface area contributed by atoms with Crippen molar-refractivity contribution in [3.63, 3.8) is 0 Å². The fourth-order valence-corrected chi connectivity index (χ4v) is 4.02. The molecule has 0 bridgehead atoms. The monoisotopic (exact) mass is 583 g/mol. The number of halogens is 3. The SMILES string of the molecule is CC[C@@H](C)Oc1c(OC)cc(C=Nn2c(C(C)C)nc3ccc(Br)cc3c2=O)c(Br)c1Cl. The molecule has 3 rings (SSSR count). The zero-order chi connectivity index (χ0) is 23.6. The van der Waals surface area contributed by atoms with Gasteiger partial charge in [0.25, 0.3) is 5.56 Å². The lowest BCUT2D eigenvalue weighted by Crippen LogP contribution is -2.23. The van der Waals surface area contributed by atoms with Crippen molar-refractivity contribution in [1.29, 1.82) is 0 Å². The predicted octanol–water partition coefficient (Wildman–Crippen LogP) is 6.77. The van der Waals surface area contributed by atoms with Gasteiger partial charge in [-0.1, -0.05) is 48.3 Å². The second-order valence-corrected chi connectivity index (χ2v) is 9.70. The van der Waals surface area contributed by atoms with Gasteiger partial charge in [0, 0.05) is 20.4 Å². The van der Waals surface area contributed by atoms with Crippen molar-refractivity contribution >= 4 is 60.6 Å². The van der Waals surface area contributed by atoms with E-state index < -0.39 is 0 Å². The number of rotatable bonds is 7. The number of hydrogen-bond donors (Lipinski definition) is 0. The number of fused-ring (bicyclic) bond motifs is 1. The van der Waals surface area contributed by atoms with Crippen LogP contribution in [-0.4, -0.2) is 29.1 Å². The first-order valence-corrected chi connectivity index (χ1v) is 12.1. The summed E-state index contributed by atoms with van der Waals surface area (Å²) in [6, 6.07) is 7.19. The summed E-state index contributed by atoms with van der Waals surface area (Å²) in [5, 5.41) is 5.33. The van der Waals surface area contributed by atoms with Crippen molar-refractivity contribution in [2.24, 2.45) is 5.10 Å². The highest BCUT2D eigenvalue weighted by atomic mass is 79.9. The van der Waals surface area contributed by atoms with Crippen LogP contribution >= 0.6 is 43.5 Å². The third kappa shape index (κ3) is 5.02. The van der Waals surface area contributed by atoms with Crippen LogP contribution in [0.4, 0.5) is 0 Å². The van der Waals surface area contributed by atoms with Gasteiger partial charge in [-0.2, -0.15) is 9.78 Å². The van der Waals surface area contributed by atoms with E-state index in [4.69, 9.17) is 21.1 Å². The summed E-state index contributed by atoms with van der Waals surface area (Å²) in [7, 11) is 1.55. The van der Waals surface area contributed by atoms with Gasteiger partial charge in [0.2, 0.25) is 0 Å². The molecule has 0 radical (unpaired) electrons. The Labute approximate surface area is 208 Å². The molecule has 1 atom stereocenters. The number of benzene rings is 2. The smallest absolute Gasteiger partial charge is 0.282 e. The maximum atomic E-state index is 13.2. The molecule has 0 unspecified atom stereocenters. The Morgan fingerprint density at radius 3 is 2.59 bits per heavy atom. The molecule has 0 aliphatic carbocycles. The standard InChI is InChI=1S/C23H24Br2ClN3O3/c1-6-13(4)32-21-18(31-5)9-14(19(25)20(21)26)11-27-29-22(12(2)3)28-17-8-7-15(24)10-16(17)23(29)30/h7-13H,6H2,1-5H3/t13-/m1/s1. The molecular formula is C23H24Br2ClN3O3. The van der Waals surface area contributed by atoms with Gasteiger partial charge in [-0.15, -0.1) is 0 Å². The Bertz CT molecular complexity index is 1240. The number of methoxy groups -OCH3 is 1. The Morgan fingerprint density at radius 1 is 1.25 bits per heavy atom. The van der Waals surface area contributed by atoms with Crippen LogP contribution in [0.25, 0.3) is 10.9 Å². The van der Waals surface area contributed by atoms with E-state index in [1.165, 1.54) is 4.68 Å². The summed E-state index contributed by atoms with van der Waals surface area (Å²) in [6.07, 6.45) is 2.36. The highest BCUT2D eigenvalue weighted by molar-refractivity contribution is 9.10. The topological polar surface area (TPSA) is 65.7 Å². The minimum absolute atomic E-state index is 0.0132. The average Bonchev–Trinajstić information content (AvgIpc) is 2.77. The second-order valence-electron chi connectivity index (χ2n) is 7.61. The van der Waals surface area contributed by atoms with Gasteiger partial charge in [0.15, 0.2) is 11.5 Å². The lowest BCUT2D eigenvalue weighted by atomic mass is 10.2. The van der Waals surface area contributed by atoms with Gasteiger partial charge in [0.05, 0.1) is 30.3 Å². The van der Waals surface area contributed by atoms with E-state index in [1.807, 2.05) is 39.8 Å². The number of aromatic nitrogens is 2. The molecule has 170 valence electrons. The van der Waals surface area contributed by atoms with Crippen molar-refractivity contribution in [3.05, 3.63) is 60.0 Å². The number of ether oxygens (including phenoxy) is 2. The molecule has 1 heterocycles. The minimum atomic E-state index is -0.248. The molecule has 0 saturated carbocycles. The normalized spacial score (nSPS) is 12.7. The Kier molecular flexibility index (Phi) is 8.01. The van der Waals surface area contributed by atoms with Crippen LogP contribution in [0.3, 0.4) is 0 Å². The van der Waals surface area contributed by atoms with Gasteiger partial charge in [0.1, 0.15) is 10.8 Å². The van der Waals surface area contributed by atoms with Gasteiger partial charge >= 0.3 is 0 Å². The zero-order valence-corrected chi connectivity index (χ0v) is 22.4. The maximum Gasteiger partial charge on any atom is 0.282 e. The summed E-state index contributed by atoms with van der Waals surface area (Å²) in [4.78, 5) is 17.9. The fourth-order valence-electron chi connectivity index (χ4n) is 3.02. The molecule has 1 aromatic heterocycles. The largest absolute Gasteiger partial charge is 0.493 e. The minimum Gasteiger partial charge on any atom is -0.493 e. The molecule has 32 heavy (non-hydrogen) atoms. The Balaban J connectivity index is 2.15. The lowest BCUT2D eigenvalue weighted by Gasteiger charge is -2.18. The molecular weight excluding hydrogens is 562 g/mol. The number of nitrogens with zero attached hydrogens (tertiary/aromatic N) is 3. The average molecular weight is 586 g/mol. The van der Waals surface area contributed by atoms with Crippen LogP contribution in [0.1, 0.15) is 51.4 Å². The van der Waals surface area contributed by atoms with E-state index >= 15 is 0 Å². The van der Waals surface area contributed by atoms with Gasteiger partial charge in [-0.3, -0.25) is 4.79 Å². The molecule has 0 saturated heterocycles. The van der Waals surface area contributed by atoms with E-state index in [-0.39, 0.29) is 17.6 Å². The van der Waals surface area contributed by atoms with E-state index in [9.17, 15) is 4.79 Å². The molecule has 0 amide bonds. The van der Waals surface area contributed by atoms with Crippen LogP contribution in [0.5, 0.6) is 11.5 Å². The Morgan fingerprint density at radius 2 is 1.97 bits per heavy atom. The predicted molar refractivity (Wildman–Crippen MR) is 137 cm³/mol. The Hall–Kier alpha value is -1.90. The molecule has 9 heteroatoms. The first kappa shape index (κ1) is 24.7. The first-order chi connectivity index (χ1) is 15.2. The van der Waals surface area contributed by atoms with Gasteiger partial charge in [-0.25, -0.2) is 4.98 Å². The zero-order valence-electron chi connectivity index (χ0n) is 18.4. The molecule has 6 nitrogen and oxygen atoms in total. The van der Waals surface area contributed by atoms with Crippen molar-refractivity contribution in [2.75, 3.05) is 7.11 Å². The van der Waals surface area contributed by atoms with Crippen LogP contribution in [0.15, 0.2) is 43.1 Å². The number of hydrogen-bond acceptors (Lipinski definition) is 5. The third-order valence-electron chi connectivity index (χ3n) is 4.93. The molecule has 0 N–H and O–H groups in total. The lowest BCUT2D eigenvalue weighted by molar-refractivity contribution is 0.207. The summed E-state index contributed by atoms with van der Waals surface area (Å²) in [5.74, 6) is 1.49. The fraction of sp³-hybridized carbons (Fsp3) is 0.348. The molecule has 0 aliphatic rings. The van der Waals surface area contributed by atoms with E-state index in [1.54, 1.807) is 25.5 Å².